The van der Waals surface area contributed by atoms with Crippen LogP contribution in [-0.2, 0) is 17.3 Å². The molecule has 0 spiro atoms. The monoisotopic (exact) mass is 434 g/mol. The van der Waals surface area contributed by atoms with Gasteiger partial charge < -0.3 is 10.0 Å². The molecule has 0 unspecified atom stereocenters. The van der Waals surface area contributed by atoms with Crippen LogP contribution in [0.2, 0.25) is 5.28 Å². The minimum Gasteiger partial charge on any atom is -0.395 e. The summed E-state index contributed by atoms with van der Waals surface area (Å²) in [5, 5.41) is 13.7. The van der Waals surface area contributed by atoms with Crippen molar-refractivity contribution < 1.29 is 9.32 Å². The Morgan fingerprint density at radius 3 is 2.59 bits per heavy atom. The number of benzene rings is 1. The number of aliphatic imine (C=N–C) groups is 1. The summed E-state index contributed by atoms with van der Waals surface area (Å²) < 4.78 is 11.7. The van der Waals surface area contributed by atoms with Gasteiger partial charge in [-0.1, -0.05) is 30.3 Å². The van der Waals surface area contributed by atoms with Crippen molar-refractivity contribution in [2.24, 2.45) is 4.99 Å². The van der Waals surface area contributed by atoms with Gasteiger partial charge in [-0.25, -0.2) is 5.01 Å². The number of hydrogen-bond donors (Lipinski definition) is 1. The Morgan fingerprint density at radius 2 is 1.86 bits per heavy atom. The van der Waals surface area contributed by atoms with Gasteiger partial charge in [0.25, 0.3) is 0 Å². The second-order valence-corrected chi connectivity index (χ2v) is 8.87. The first-order valence-electron chi connectivity index (χ1n) is 9.50. The Labute approximate surface area is 177 Å². The maximum absolute atomic E-state index is 11.7. The van der Waals surface area contributed by atoms with E-state index in [2.05, 4.69) is 19.9 Å². The van der Waals surface area contributed by atoms with Crippen LogP contribution in [0.5, 0.6) is 0 Å². The van der Waals surface area contributed by atoms with Crippen LogP contribution in [0.15, 0.2) is 35.3 Å². The maximum atomic E-state index is 11.7. The van der Waals surface area contributed by atoms with Crippen LogP contribution < -0.4 is 9.91 Å². The van der Waals surface area contributed by atoms with E-state index in [9.17, 15) is 9.32 Å². The van der Waals surface area contributed by atoms with Crippen molar-refractivity contribution in [1.82, 2.24) is 15.0 Å². The second kappa shape index (κ2) is 9.17. The van der Waals surface area contributed by atoms with E-state index in [4.69, 9.17) is 11.6 Å². The lowest BCUT2D eigenvalue weighted by Crippen LogP contribution is -2.47. The summed E-state index contributed by atoms with van der Waals surface area (Å²) in [5.41, 5.74) is 1.92. The highest BCUT2D eigenvalue weighted by Gasteiger charge is 2.28. The number of nitrogens with zero attached hydrogens (tertiary/aromatic N) is 6. The van der Waals surface area contributed by atoms with Gasteiger partial charge in [-0.05, 0) is 17.2 Å². The fourth-order valence-electron chi connectivity index (χ4n) is 3.52. The summed E-state index contributed by atoms with van der Waals surface area (Å²) in [7, 11) is -0.780. The van der Waals surface area contributed by atoms with Gasteiger partial charge in [-0.3, -0.25) is 14.2 Å². The topological polar surface area (TPSA) is 85.2 Å². The fourth-order valence-corrected chi connectivity index (χ4v) is 4.73. The van der Waals surface area contributed by atoms with Gasteiger partial charge in [0, 0.05) is 54.7 Å². The molecule has 10 heteroatoms. The van der Waals surface area contributed by atoms with E-state index < -0.39 is 10.8 Å². The summed E-state index contributed by atoms with van der Waals surface area (Å²) in [5.74, 6) is 2.61. The summed E-state index contributed by atoms with van der Waals surface area (Å²) in [6.07, 6.45) is 1.78. The molecule has 0 saturated carbocycles. The van der Waals surface area contributed by atoms with Crippen LogP contribution >= 0.6 is 11.6 Å². The predicted octanol–water partition coefficient (Wildman–Crippen LogP) is 1.30. The van der Waals surface area contributed by atoms with Crippen LogP contribution in [0.3, 0.4) is 0 Å². The number of fused-ring (bicyclic) bond motifs is 1. The SMILES string of the molecule is O=S1CCN(c2nc(Cl)nc3c2C=NCN3N(CCO)Cc2ccccc2)CC1. The van der Waals surface area contributed by atoms with Crippen molar-refractivity contribution in [3.63, 3.8) is 0 Å². The standard InChI is InChI=1S/C19H23ClN6O2S/c20-19-22-17(24-7-10-29(28)11-8-24)16-12-21-14-26(18(16)23-19)25(6-9-27)13-15-4-2-1-3-5-15/h1-5,12,27H,6-11,13-14H2. The highest BCUT2D eigenvalue weighted by atomic mass is 35.5. The first-order chi connectivity index (χ1) is 14.2. The summed E-state index contributed by atoms with van der Waals surface area (Å²) >= 11 is 6.29. The lowest BCUT2D eigenvalue weighted by atomic mass is 10.2. The van der Waals surface area contributed by atoms with Crippen molar-refractivity contribution in [1.29, 1.82) is 0 Å². The number of aromatic nitrogens is 2. The number of aliphatic hydroxyl groups is 1. The molecule has 0 bridgehead atoms. The highest BCUT2D eigenvalue weighted by molar-refractivity contribution is 7.85. The van der Waals surface area contributed by atoms with Gasteiger partial charge in [0.2, 0.25) is 5.28 Å². The number of hydrazine groups is 1. The molecule has 0 aliphatic carbocycles. The third-order valence-electron chi connectivity index (χ3n) is 4.94. The van der Waals surface area contributed by atoms with E-state index in [1.54, 1.807) is 6.21 Å². The Bertz CT molecular complexity index is 903. The van der Waals surface area contributed by atoms with Gasteiger partial charge in [0.05, 0.1) is 12.2 Å². The molecule has 154 valence electrons. The molecule has 2 aromatic rings. The van der Waals surface area contributed by atoms with Crippen LogP contribution in [0.4, 0.5) is 11.6 Å². The molecular weight excluding hydrogens is 412 g/mol. The lowest BCUT2D eigenvalue weighted by Gasteiger charge is -2.38. The number of halogens is 1. The Kier molecular flexibility index (Phi) is 6.39. The molecule has 0 radical (unpaired) electrons. The van der Waals surface area contributed by atoms with E-state index in [0.29, 0.717) is 56.0 Å². The van der Waals surface area contributed by atoms with Crippen LogP contribution in [0.1, 0.15) is 11.1 Å². The Morgan fingerprint density at radius 1 is 1.14 bits per heavy atom. The first kappa shape index (κ1) is 20.2. The third kappa shape index (κ3) is 4.58. The zero-order chi connectivity index (χ0) is 20.2. The smallest absolute Gasteiger partial charge is 0.226 e. The van der Waals surface area contributed by atoms with Crippen LogP contribution in [0, 0.1) is 0 Å². The molecule has 1 fully saturated rings. The van der Waals surface area contributed by atoms with Gasteiger partial charge >= 0.3 is 0 Å². The maximum Gasteiger partial charge on any atom is 0.226 e. The fraction of sp³-hybridized carbons (Fsp3) is 0.421. The summed E-state index contributed by atoms with van der Waals surface area (Å²) in [6, 6.07) is 10.1. The number of anilines is 2. The summed E-state index contributed by atoms with van der Waals surface area (Å²) in [4.78, 5) is 15.6. The average Bonchev–Trinajstić information content (AvgIpc) is 2.74. The number of hydrogen-bond acceptors (Lipinski definition) is 8. The number of aliphatic hydroxyl groups excluding tert-OH is 1. The number of rotatable bonds is 6. The molecule has 2 aliphatic heterocycles. The molecule has 8 nitrogen and oxygen atoms in total. The Hall–Kier alpha value is -2.07. The van der Waals surface area contributed by atoms with E-state index in [1.165, 1.54) is 0 Å². The van der Waals surface area contributed by atoms with Crippen LogP contribution in [0.25, 0.3) is 0 Å². The van der Waals surface area contributed by atoms with E-state index >= 15 is 0 Å². The van der Waals surface area contributed by atoms with E-state index in [1.807, 2.05) is 40.3 Å². The van der Waals surface area contributed by atoms with Crippen molar-refractivity contribution in [3.8, 4) is 0 Å². The molecular formula is C19H23ClN6O2S. The van der Waals surface area contributed by atoms with Crippen molar-refractivity contribution in [3.05, 3.63) is 46.7 Å². The molecule has 1 N–H and O–H groups in total. The van der Waals surface area contributed by atoms with Crippen molar-refractivity contribution in [2.75, 3.05) is 54.3 Å². The molecule has 4 rings (SSSR count). The van der Waals surface area contributed by atoms with Gasteiger partial charge in [0.1, 0.15) is 12.5 Å². The average molecular weight is 435 g/mol. The Balaban J connectivity index is 1.67. The van der Waals surface area contributed by atoms with Gasteiger partial charge in [-0.15, -0.1) is 0 Å². The zero-order valence-electron chi connectivity index (χ0n) is 15.9. The first-order valence-corrected chi connectivity index (χ1v) is 11.4. The third-order valence-corrected chi connectivity index (χ3v) is 6.39. The molecule has 1 saturated heterocycles. The molecule has 1 aromatic carbocycles. The molecule has 0 atom stereocenters. The van der Waals surface area contributed by atoms with Crippen molar-refractivity contribution in [2.45, 2.75) is 6.54 Å². The van der Waals surface area contributed by atoms with Crippen LogP contribution in [-0.4, -0.2) is 74.9 Å². The zero-order valence-corrected chi connectivity index (χ0v) is 17.5. The molecule has 2 aliphatic rings. The highest BCUT2D eigenvalue weighted by Crippen LogP contribution is 2.31. The largest absolute Gasteiger partial charge is 0.395 e. The summed E-state index contributed by atoms with van der Waals surface area (Å²) in [6.45, 7) is 2.75. The van der Waals surface area contributed by atoms with E-state index in [-0.39, 0.29) is 11.9 Å². The molecule has 29 heavy (non-hydrogen) atoms. The molecule has 3 heterocycles. The second-order valence-electron chi connectivity index (χ2n) is 6.84. The lowest BCUT2D eigenvalue weighted by molar-refractivity contribution is 0.175. The predicted molar refractivity (Wildman–Crippen MR) is 116 cm³/mol. The quantitative estimate of drug-likeness (QED) is 0.686. The van der Waals surface area contributed by atoms with Crippen molar-refractivity contribution >= 4 is 40.3 Å². The van der Waals surface area contributed by atoms with E-state index in [0.717, 1.165) is 11.1 Å². The van der Waals surface area contributed by atoms with Gasteiger partial charge in [0.15, 0.2) is 5.82 Å². The minimum absolute atomic E-state index is 0.00595. The molecule has 0 amide bonds. The van der Waals surface area contributed by atoms with Gasteiger partial charge in [-0.2, -0.15) is 9.97 Å². The normalized spacial score (nSPS) is 17.1. The minimum atomic E-state index is -0.780. The molecule has 1 aromatic heterocycles.